The van der Waals surface area contributed by atoms with Crippen molar-refractivity contribution in [3.8, 4) is 0 Å². The van der Waals surface area contributed by atoms with E-state index in [0.717, 1.165) is 17.1 Å². The molecule has 1 heteroatoms. The average Bonchev–Trinajstić information content (AvgIpc) is 2.57. The van der Waals surface area contributed by atoms with Crippen molar-refractivity contribution in [3.05, 3.63) is 103 Å². The molecule has 0 bridgehead atoms. The normalized spacial score (nSPS) is 11.9. The lowest BCUT2D eigenvalue weighted by molar-refractivity contribution is 1.15. The Hall–Kier alpha value is -2.80. The van der Waals surface area contributed by atoms with Crippen LogP contribution in [0.15, 0.2) is 97.8 Å². The van der Waals surface area contributed by atoms with E-state index in [0.29, 0.717) is 0 Å². The standard InChI is InChI=1S/C22H23N/c1-5-10-18(3)20-14-16-22(17-15-20)23(19(4)11-6-2)21-12-8-7-9-13-21/h5-17H,1-2H2,3-4H3/b18-10+,19-11+. The lowest BCUT2D eigenvalue weighted by Gasteiger charge is -2.26. The van der Waals surface area contributed by atoms with Gasteiger partial charge in [-0.3, -0.25) is 0 Å². The van der Waals surface area contributed by atoms with Crippen molar-refractivity contribution in [1.29, 1.82) is 0 Å². The van der Waals surface area contributed by atoms with Crippen LogP contribution >= 0.6 is 0 Å². The molecular formula is C22H23N. The third-order valence-corrected chi connectivity index (χ3v) is 3.67. The number of allylic oxidation sites excluding steroid dienone is 6. The number of benzene rings is 2. The van der Waals surface area contributed by atoms with Crippen LogP contribution in [0.25, 0.3) is 5.57 Å². The molecular weight excluding hydrogens is 278 g/mol. The van der Waals surface area contributed by atoms with Gasteiger partial charge in [-0.15, -0.1) is 0 Å². The highest BCUT2D eigenvalue weighted by Crippen LogP contribution is 2.30. The van der Waals surface area contributed by atoms with Gasteiger partial charge in [-0.05, 0) is 55.3 Å². The van der Waals surface area contributed by atoms with Gasteiger partial charge in [0.05, 0.1) is 0 Å². The molecule has 0 fully saturated rings. The molecule has 0 saturated heterocycles. The van der Waals surface area contributed by atoms with Gasteiger partial charge in [0, 0.05) is 17.1 Å². The number of hydrogen-bond donors (Lipinski definition) is 0. The smallest absolute Gasteiger partial charge is 0.0458 e. The summed E-state index contributed by atoms with van der Waals surface area (Å²) in [6.07, 6.45) is 7.67. The fraction of sp³-hybridized carbons (Fsp3) is 0.0909. The third kappa shape index (κ3) is 4.10. The van der Waals surface area contributed by atoms with Gasteiger partial charge in [-0.1, -0.05) is 61.7 Å². The SMILES string of the molecule is C=C/C=C(\C)c1ccc(N(/C(C)=C/C=C)c2ccccc2)cc1. The van der Waals surface area contributed by atoms with E-state index in [1.807, 2.05) is 30.4 Å². The summed E-state index contributed by atoms with van der Waals surface area (Å²) in [6, 6.07) is 18.9. The van der Waals surface area contributed by atoms with Crippen molar-refractivity contribution in [2.75, 3.05) is 4.90 Å². The summed E-state index contributed by atoms with van der Waals surface area (Å²) in [4.78, 5) is 2.22. The summed E-state index contributed by atoms with van der Waals surface area (Å²) in [5.41, 5.74) is 5.79. The van der Waals surface area contributed by atoms with Crippen LogP contribution < -0.4 is 4.90 Å². The van der Waals surface area contributed by atoms with Crippen LogP contribution in [0.2, 0.25) is 0 Å². The molecule has 0 aromatic heterocycles. The van der Waals surface area contributed by atoms with Crippen molar-refractivity contribution >= 4 is 16.9 Å². The molecule has 0 saturated carbocycles. The highest BCUT2D eigenvalue weighted by molar-refractivity contribution is 5.72. The minimum absolute atomic E-state index is 1.12. The molecule has 1 nitrogen and oxygen atoms in total. The zero-order valence-corrected chi connectivity index (χ0v) is 13.9. The predicted molar refractivity (Wildman–Crippen MR) is 103 cm³/mol. The summed E-state index contributed by atoms with van der Waals surface area (Å²) < 4.78 is 0. The Balaban J connectivity index is 2.44. The number of para-hydroxylation sites is 1. The van der Waals surface area contributed by atoms with Crippen molar-refractivity contribution in [2.45, 2.75) is 13.8 Å². The molecule has 0 amide bonds. The molecule has 0 aliphatic heterocycles. The number of rotatable bonds is 6. The predicted octanol–water partition coefficient (Wildman–Crippen LogP) is 6.50. The number of anilines is 2. The summed E-state index contributed by atoms with van der Waals surface area (Å²) in [6.45, 7) is 11.7. The molecule has 0 radical (unpaired) electrons. The lowest BCUT2D eigenvalue weighted by atomic mass is 10.1. The molecule has 0 spiro atoms. The first kappa shape index (κ1) is 16.6. The van der Waals surface area contributed by atoms with Gasteiger partial charge in [-0.2, -0.15) is 0 Å². The Labute approximate surface area is 139 Å². The van der Waals surface area contributed by atoms with Crippen LogP contribution in [0, 0.1) is 0 Å². The maximum atomic E-state index is 3.81. The maximum Gasteiger partial charge on any atom is 0.0458 e. The Bertz CT molecular complexity index is 718. The maximum absolute atomic E-state index is 3.81. The van der Waals surface area contributed by atoms with Crippen molar-refractivity contribution in [1.82, 2.24) is 0 Å². The second-order valence-electron chi connectivity index (χ2n) is 5.35. The minimum atomic E-state index is 1.12. The second kappa shape index (κ2) is 8.00. The van der Waals surface area contributed by atoms with Gasteiger partial charge < -0.3 is 4.90 Å². The largest absolute Gasteiger partial charge is 0.315 e. The fourth-order valence-corrected chi connectivity index (χ4v) is 2.52. The molecule has 0 atom stereocenters. The van der Waals surface area contributed by atoms with E-state index >= 15 is 0 Å². The lowest BCUT2D eigenvalue weighted by Crippen LogP contribution is -2.14. The van der Waals surface area contributed by atoms with E-state index in [1.54, 1.807) is 0 Å². The topological polar surface area (TPSA) is 3.24 Å². The average molecular weight is 301 g/mol. The van der Waals surface area contributed by atoms with E-state index in [-0.39, 0.29) is 0 Å². The minimum Gasteiger partial charge on any atom is -0.315 e. The molecule has 2 aromatic carbocycles. The Morgan fingerprint density at radius 1 is 0.783 bits per heavy atom. The molecule has 0 heterocycles. The first-order valence-electron chi connectivity index (χ1n) is 7.71. The highest BCUT2D eigenvalue weighted by atomic mass is 15.1. The fourth-order valence-electron chi connectivity index (χ4n) is 2.52. The first-order chi connectivity index (χ1) is 11.2. The van der Waals surface area contributed by atoms with E-state index in [9.17, 15) is 0 Å². The monoisotopic (exact) mass is 301 g/mol. The van der Waals surface area contributed by atoms with Gasteiger partial charge in [0.2, 0.25) is 0 Å². The van der Waals surface area contributed by atoms with E-state index in [1.165, 1.54) is 11.1 Å². The van der Waals surface area contributed by atoms with Gasteiger partial charge >= 0.3 is 0 Å². The van der Waals surface area contributed by atoms with Crippen molar-refractivity contribution in [2.24, 2.45) is 0 Å². The second-order valence-corrected chi connectivity index (χ2v) is 5.35. The van der Waals surface area contributed by atoms with Crippen LogP contribution in [0.5, 0.6) is 0 Å². The molecule has 0 N–H and O–H groups in total. The van der Waals surface area contributed by atoms with Gasteiger partial charge in [0.1, 0.15) is 0 Å². The van der Waals surface area contributed by atoms with E-state index in [2.05, 4.69) is 80.4 Å². The van der Waals surface area contributed by atoms with Gasteiger partial charge in [0.25, 0.3) is 0 Å². The molecule has 0 unspecified atom stereocenters. The molecule has 2 aromatic rings. The van der Waals surface area contributed by atoms with Crippen LogP contribution in [0.4, 0.5) is 11.4 Å². The first-order valence-corrected chi connectivity index (χ1v) is 7.71. The highest BCUT2D eigenvalue weighted by Gasteiger charge is 2.10. The summed E-state index contributed by atoms with van der Waals surface area (Å²) in [7, 11) is 0. The zero-order valence-electron chi connectivity index (χ0n) is 13.9. The van der Waals surface area contributed by atoms with Crippen molar-refractivity contribution in [3.63, 3.8) is 0 Å². The van der Waals surface area contributed by atoms with Crippen LogP contribution in [-0.2, 0) is 0 Å². The summed E-state index contributed by atoms with van der Waals surface area (Å²) in [5, 5.41) is 0. The molecule has 0 aliphatic carbocycles. The van der Waals surface area contributed by atoms with E-state index < -0.39 is 0 Å². The Kier molecular flexibility index (Phi) is 5.76. The summed E-state index contributed by atoms with van der Waals surface area (Å²) >= 11 is 0. The zero-order chi connectivity index (χ0) is 16.7. The van der Waals surface area contributed by atoms with Gasteiger partial charge in [0.15, 0.2) is 0 Å². The molecule has 23 heavy (non-hydrogen) atoms. The third-order valence-electron chi connectivity index (χ3n) is 3.67. The van der Waals surface area contributed by atoms with Crippen LogP contribution in [0.3, 0.4) is 0 Å². The van der Waals surface area contributed by atoms with Crippen molar-refractivity contribution < 1.29 is 0 Å². The van der Waals surface area contributed by atoms with E-state index in [4.69, 9.17) is 0 Å². The Morgan fingerprint density at radius 3 is 1.91 bits per heavy atom. The number of hydrogen-bond acceptors (Lipinski definition) is 1. The van der Waals surface area contributed by atoms with Crippen LogP contribution in [-0.4, -0.2) is 0 Å². The number of nitrogens with zero attached hydrogens (tertiary/aromatic N) is 1. The van der Waals surface area contributed by atoms with Gasteiger partial charge in [-0.25, -0.2) is 0 Å². The molecule has 0 aliphatic rings. The molecule has 116 valence electrons. The quantitative estimate of drug-likeness (QED) is 0.550. The molecule has 2 rings (SSSR count). The Morgan fingerprint density at radius 2 is 1.35 bits per heavy atom. The summed E-state index contributed by atoms with van der Waals surface area (Å²) in [5.74, 6) is 0. The van der Waals surface area contributed by atoms with Crippen LogP contribution in [0.1, 0.15) is 19.4 Å².